The van der Waals surface area contributed by atoms with Crippen molar-refractivity contribution in [3.8, 4) is 0 Å². The van der Waals surface area contributed by atoms with Crippen LogP contribution in [0.5, 0.6) is 0 Å². The SMILES string of the molecule is CCOC(CC)C(N)c1cc(F)ccc1Cl. The summed E-state index contributed by atoms with van der Waals surface area (Å²) in [6.45, 7) is 4.47. The van der Waals surface area contributed by atoms with E-state index in [0.717, 1.165) is 6.42 Å². The second-order valence-corrected chi connectivity index (χ2v) is 4.00. The Kier molecular flexibility index (Phi) is 5.19. The fourth-order valence-corrected chi connectivity index (χ4v) is 1.90. The lowest BCUT2D eigenvalue weighted by molar-refractivity contribution is 0.0413. The van der Waals surface area contributed by atoms with Gasteiger partial charge in [-0.25, -0.2) is 4.39 Å². The van der Waals surface area contributed by atoms with Gasteiger partial charge in [0.05, 0.1) is 12.1 Å². The highest BCUT2D eigenvalue weighted by molar-refractivity contribution is 6.31. The van der Waals surface area contributed by atoms with Crippen molar-refractivity contribution >= 4 is 11.6 Å². The number of ether oxygens (including phenoxy) is 1. The second-order valence-electron chi connectivity index (χ2n) is 3.59. The Bertz CT molecular complexity index is 346. The van der Waals surface area contributed by atoms with Crippen LogP contribution in [0.4, 0.5) is 4.39 Å². The Morgan fingerprint density at radius 3 is 2.69 bits per heavy atom. The van der Waals surface area contributed by atoms with E-state index in [9.17, 15) is 4.39 Å². The van der Waals surface area contributed by atoms with Gasteiger partial charge < -0.3 is 10.5 Å². The van der Waals surface area contributed by atoms with E-state index in [-0.39, 0.29) is 11.9 Å². The monoisotopic (exact) mass is 245 g/mol. The van der Waals surface area contributed by atoms with Crippen molar-refractivity contribution in [3.05, 3.63) is 34.6 Å². The number of hydrogen-bond acceptors (Lipinski definition) is 2. The van der Waals surface area contributed by atoms with Gasteiger partial charge in [-0.3, -0.25) is 0 Å². The Balaban J connectivity index is 2.93. The van der Waals surface area contributed by atoms with Crippen LogP contribution >= 0.6 is 11.6 Å². The van der Waals surface area contributed by atoms with Crippen molar-refractivity contribution in [3.63, 3.8) is 0 Å². The van der Waals surface area contributed by atoms with Gasteiger partial charge in [-0.2, -0.15) is 0 Å². The molecule has 0 saturated carbocycles. The van der Waals surface area contributed by atoms with E-state index in [1.165, 1.54) is 18.2 Å². The predicted octanol–water partition coefficient (Wildman–Crippen LogP) is 3.29. The molecule has 2 N–H and O–H groups in total. The number of halogens is 2. The van der Waals surface area contributed by atoms with E-state index >= 15 is 0 Å². The lowest BCUT2D eigenvalue weighted by atomic mass is 10.0. The number of rotatable bonds is 5. The zero-order valence-electron chi connectivity index (χ0n) is 9.54. The lowest BCUT2D eigenvalue weighted by Crippen LogP contribution is -2.28. The molecular weight excluding hydrogens is 229 g/mol. The highest BCUT2D eigenvalue weighted by Crippen LogP contribution is 2.26. The maximum Gasteiger partial charge on any atom is 0.123 e. The molecule has 1 aromatic rings. The van der Waals surface area contributed by atoms with E-state index in [1.54, 1.807) is 0 Å². The smallest absolute Gasteiger partial charge is 0.123 e. The van der Waals surface area contributed by atoms with Crippen LogP contribution in [0.15, 0.2) is 18.2 Å². The van der Waals surface area contributed by atoms with Crippen LogP contribution in [-0.2, 0) is 4.74 Å². The molecule has 0 aliphatic rings. The lowest BCUT2D eigenvalue weighted by Gasteiger charge is -2.23. The first kappa shape index (κ1) is 13.4. The first-order chi connectivity index (χ1) is 7.60. The zero-order valence-corrected chi connectivity index (χ0v) is 10.3. The van der Waals surface area contributed by atoms with Crippen LogP contribution < -0.4 is 5.73 Å². The molecule has 0 amide bonds. The fraction of sp³-hybridized carbons (Fsp3) is 0.500. The average molecular weight is 246 g/mol. The highest BCUT2D eigenvalue weighted by Gasteiger charge is 2.20. The second kappa shape index (κ2) is 6.18. The normalized spacial score (nSPS) is 14.8. The topological polar surface area (TPSA) is 35.2 Å². The third-order valence-corrected chi connectivity index (χ3v) is 2.85. The molecule has 0 fully saturated rings. The molecule has 2 nitrogen and oxygen atoms in total. The molecule has 0 heterocycles. The molecule has 0 saturated heterocycles. The first-order valence-corrected chi connectivity index (χ1v) is 5.80. The van der Waals surface area contributed by atoms with Crippen LogP contribution in [0.2, 0.25) is 5.02 Å². The maximum absolute atomic E-state index is 13.1. The molecule has 0 radical (unpaired) electrons. The first-order valence-electron chi connectivity index (χ1n) is 5.42. The number of hydrogen-bond donors (Lipinski definition) is 1. The van der Waals surface area contributed by atoms with E-state index < -0.39 is 6.04 Å². The molecule has 90 valence electrons. The number of nitrogens with two attached hydrogens (primary N) is 1. The Morgan fingerprint density at radius 2 is 2.12 bits per heavy atom. The van der Waals surface area contributed by atoms with Crippen LogP contribution in [-0.4, -0.2) is 12.7 Å². The van der Waals surface area contributed by atoms with Crippen LogP contribution in [0, 0.1) is 5.82 Å². The Hall–Kier alpha value is -0.640. The summed E-state index contributed by atoms with van der Waals surface area (Å²) in [4.78, 5) is 0. The molecule has 1 rings (SSSR count). The summed E-state index contributed by atoms with van der Waals surface area (Å²) in [7, 11) is 0. The average Bonchev–Trinajstić information content (AvgIpc) is 2.28. The summed E-state index contributed by atoms with van der Waals surface area (Å²) in [6, 6.07) is 3.81. The van der Waals surface area contributed by atoms with Crippen molar-refractivity contribution < 1.29 is 9.13 Å². The standard InChI is InChI=1S/C12H17ClFNO/c1-3-11(16-4-2)12(15)9-7-8(14)5-6-10(9)13/h5-7,11-12H,3-4,15H2,1-2H3. The largest absolute Gasteiger partial charge is 0.377 e. The van der Waals surface area contributed by atoms with Crippen molar-refractivity contribution in [1.29, 1.82) is 0 Å². The number of benzene rings is 1. The molecule has 0 spiro atoms. The summed E-state index contributed by atoms with van der Waals surface area (Å²) in [6.07, 6.45) is 0.631. The van der Waals surface area contributed by atoms with E-state index in [4.69, 9.17) is 22.1 Å². The minimum Gasteiger partial charge on any atom is -0.377 e. The highest BCUT2D eigenvalue weighted by atomic mass is 35.5. The van der Waals surface area contributed by atoms with E-state index in [0.29, 0.717) is 17.2 Å². The van der Waals surface area contributed by atoms with Gasteiger partial charge in [-0.05, 0) is 37.1 Å². The summed E-state index contributed by atoms with van der Waals surface area (Å²) in [5, 5.41) is 0.479. The molecule has 4 heteroatoms. The molecule has 0 aliphatic carbocycles. The summed E-state index contributed by atoms with van der Waals surface area (Å²) < 4.78 is 18.6. The van der Waals surface area contributed by atoms with Crippen LogP contribution in [0.25, 0.3) is 0 Å². The van der Waals surface area contributed by atoms with Crippen molar-refractivity contribution in [2.45, 2.75) is 32.4 Å². The van der Waals surface area contributed by atoms with Gasteiger partial charge in [-0.1, -0.05) is 18.5 Å². The van der Waals surface area contributed by atoms with Gasteiger partial charge in [0, 0.05) is 11.6 Å². The molecule has 1 aromatic carbocycles. The van der Waals surface area contributed by atoms with E-state index in [2.05, 4.69) is 0 Å². The molecule has 0 aromatic heterocycles. The summed E-state index contributed by atoms with van der Waals surface area (Å²) in [5.41, 5.74) is 6.63. The van der Waals surface area contributed by atoms with Crippen LogP contribution in [0.1, 0.15) is 31.9 Å². The quantitative estimate of drug-likeness (QED) is 0.864. The fourth-order valence-electron chi connectivity index (χ4n) is 1.66. The van der Waals surface area contributed by atoms with Gasteiger partial charge in [0.1, 0.15) is 5.82 Å². The molecule has 16 heavy (non-hydrogen) atoms. The summed E-state index contributed by atoms with van der Waals surface area (Å²) >= 11 is 5.99. The zero-order chi connectivity index (χ0) is 12.1. The third-order valence-electron chi connectivity index (χ3n) is 2.50. The predicted molar refractivity (Wildman–Crippen MR) is 64.0 cm³/mol. The molecule has 2 unspecified atom stereocenters. The van der Waals surface area contributed by atoms with Gasteiger partial charge in [0.2, 0.25) is 0 Å². The molecule has 0 aliphatic heterocycles. The van der Waals surface area contributed by atoms with Gasteiger partial charge in [0.25, 0.3) is 0 Å². The van der Waals surface area contributed by atoms with Gasteiger partial charge in [0.15, 0.2) is 0 Å². The maximum atomic E-state index is 13.1. The molecule has 2 atom stereocenters. The summed E-state index contributed by atoms with van der Waals surface area (Å²) in [5.74, 6) is -0.332. The third kappa shape index (κ3) is 3.17. The van der Waals surface area contributed by atoms with Crippen molar-refractivity contribution in [2.24, 2.45) is 5.73 Å². The van der Waals surface area contributed by atoms with Crippen molar-refractivity contribution in [2.75, 3.05) is 6.61 Å². The Morgan fingerprint density at radius 1 is 1.44 bits per heavy atom. The molecule has 0 bridgehead atoms. The van der Waals surface area contributed by atoms with Gasteiger partial charge >= 0.3 is 0 Å². The van der Waals surface area contributed by atoms with Crippen LogP contribution in [0.3, 0.4) is 0 Å². The van der Waals surface area contributed by atoms with E-state index in [1.807, 2.05) is 13.8 Å². The molecular formula is C12H17ClFNO. The van der Waals surface area contributed by atoms with Gasteiger partial charge in [-0.15, -0.1) is 0 Å². The minimum atomic E-state index is -0.395. The van der Waals surface area contributed by atoms with Crippen molar-refractivity contribution in [1.82, 2.24) is 0 Å². The Labute approximate surface area is 101 Å². The minimum absolute atomic E-state index is 0.135.